The van der Waals surface area contributed by atoms with Gasteiger partial charge in [-0.15, -0.1) is 0 Å². The van der Waals surface area contributed by atoms with Crippen molar-refractivity contribution in [3.8, 4) is 11.8 Å². The molecular formula is C28H36N6O5. The quantitative estimate of drug-likeness (QED) is 0.482. The van der Waals surface area contributed by atoms with Gasteiger partial charge in [0.05, 0.1) is 18.7 Å². The molecule has 0 radical (unpaired) electrons. The fourth-order valence-corrected chi connectivity index (χ4v) is 6.00. The molecule has 4 aliphatic heterocycles. The van der Waals surface area contributed by atoms with Gasteiger partial charge in [-0.2, -0.15) is 5.26 Å². The van der Waals surface area contributed by atoms with Crippen LogP contribution in [0.4, 0.5) is 0 Å². The Morgan fingerprint density at radius 3 is 2.62 bits per heavy atom. The third-order valence-corrected chi connectivity index (χ3v) is 8.25. The summed E-state index contributed by atoms with van der Waals surface area (Å²) in [6.07, 6.45) is 4.01. The highest BCUT2D eigenvalue weighted by molar-refractivity contribution is 6.05. The molecule has 0 spiro atoms. The van der Waals surface area contributed by atoms with Crippen LogP contribution < -0.4 is 10.1 Å². The van der Waals surface area contributed by atoms with E-state index in [-0.39, 0.29) is 30.2 Å². The zero-order valence-corrected chi connectivity index (χ0v) is 22.3. The summed E-state index contributed by atoms with van der Waals surface area (Å²) in [5.41, 5.74) is 1.35. The molecule has 0 bridgehead atoms. The largest absolute Gasteiger partial charge is 0.491 e. The molecule has 208 valence electrons. The lowest BCUT2D eigenvalue weighted by Crippen LogP contribution is -2.53. The average molecular weight is 537 g/mol. The number of nitrogens with one attached hydrogen (secondary N) is 1. The molecule has 2 atom stereocenters. The maximum absolute atomic E-state index is 13.2. The molecule has 0 aliphatic carbocycles. The van der Waals surface area contributed by atoms with Gasteiger partial charge in [-0.05, 0) is 49.4 Å². The van der Waals surface area contributed by atoms with E-state index in [0.717, 1.165) is 64.1 Å². The number of carbonyl (C=O) groups excluding carboxylic acids is 4. The third-order valence-electron chi connectivity index (χ3n) is 8.25. The molecule has 5 rings (SSSR count). The minimum Gasteiger partial charge on any atom is -0.491 e. The van der Waals surface area contributed by atoms with Crippen molar-refractivity contribution >= 4 is 23.6 Å². The van der Waals surface area contributed by atoms with Gasteiger partial charge in [0.25, 0.3) is 5.91 Å². The minimum atomic E-state index is -0.644. The number of carbonyl (C=O) groups is 4. The Kier molecular flexibility index (Phi) is 8.43. The van der Waals surface area contributed by atoms with Crippen LogP contribution in [0.15, 0.2) is 18.2 Å². The van der Waals surface area contributed by atoms with E-state index in [1.54, 1.807) is 12.1 Å². The van der Waals surface area contributed by atoms with Gasteiger partial charge < -0.3 is 14.5 Å². The van der Waals surface area contributed by atoms with Crippen LogP contribution in [0.25, 0.3) is 0 Å². The number of imide groups is 1. The number of nitrogens with zero attached hydrogens (tertiary/aromatic N) is 5. The fraction of sp³-hybridized carbons (Fsp3) is 0.607. The van der Waals surface area contributed by atoms with E-state index >= 15 is 0 Å². The Labute approximate surface area is 228 Å². The number of hydrogen-bond acceptors (Lipinski definition) is 8. The van der Waals surface area contributed by atoms with Crippen LogP contribution in [-0.2, 0) is 20.9 Å². The van der Waals surface area contributed by atoms with E-state index < -0.39 is 11.9 Å². The van der Waals surface area contributed by atoms with E-state index in [1.807, 2.05) is 11.0 Å². The average Bonchev–Trinajstić information content (AvgIpc) is 3.26. The van der Waals surface area contributed by atoms with Gasteiger partial charge in [0.15, 0.2) is 0 Å². The molecular weight excluding hydrogens is 500 g/mol. The van der Waals surface area contributed by atoms with Gasteiger partial charge in [0, 0.05) is 64.2 Å². The van der Waals surface area contributed by atoms with Crippen molar-refractivity contribution in [3.05, 3.63) is 29.3 Å². The highest BCUT2D eigenvalue weighted by atomic mass is 16.5. The minimum absolute atomic E-state index is 0.00183. The second-order valence-corrected chi connectivity index (χ2v) is 10.8. The molecule has 4 aliphatic rings. The van der Waals surface area contributed by atoms with Crippen LogP contribution in [0, 0.1) is 11.3 Å². The summed E-state index contributed by atoms with van der Waals surface area (Å²) in [6.45, 7) is 6.02. The summed E-state index contributed by atoms with van der Waals surface area (Å²) < 4.78 is 6.15. The standard InChI is InChI=1S/C28H36N6O5/c29-9-3-10-31-12-14-32(15-13-31)18-26(36)33-11-2-1-4-21(33)19-39-22-5-6-23-20(16-22)17-34(28(23)38)24-7-8-25(35)30-27(24)37/h5-6,16,21,24H,1-4,7-8,10-15,17-19H2,(H,30,35,37)/t21-,24?/m0/s1. The number of ether oxygens (including phenoxy) is 1. The van der Waals surface area contributed by atoms with E-state index in [4.69, 9.17) is 10.00 Å². The summed E-state index contributed by atoms with van der Waals surface area (Å²) in [5.74, 6) is -0.167. The molecule has 0 saturated carbocycles. The SMILES string of the molecule is N#CCCN1CCN(CC(=O)N2CCCC[C@H]2COc2ccc3c(c2)CN(C2CCC(=O)NC2=O)C3=O)CC1. The van der Waals surface area contributed by atoms with Crippen molar-refractivity contribution in [1.29, 1.82) is 5.26 Å². The number of fused-ring (bicyclic) bond motifs is 1. The third kappa shape index (κ3) is 6.23. The number of benzene rings is 1. The highest BCUT2D eigenvalue weighted by Gasteiger charge is 2.39. The molecule has 4 amide bonds. The van der Waals surface area contributed by atoms with Crippen molar-refractivity contribution < 1.29 is 23.9 Å². The van der Waals surface area contributed by atoms with Gasteiger partial charge in [0.1, 0.15) is 18.4 Å². The molecule has 39 heavy (non-hydrogen) atoms. The first-order valence-electron chi connectivity index (χ1n) is 13.9. The van der Waals surface area contributed by atoms with E-state index in [9.17, 15) is 19.2 Å². The number of piperazine rings is 1. The molecule has 11 nitrogen and oxygen atoms in total. The zero-order chi connectivity index (χ0) is 27.4. The first-order chi connectivity index (χ1) is 18.9. The molecule has 1 N–H and O–H groups in total. The summed E-state index contributed by atoms with van der Waals surface area (Å²) in [4.78, 5) is 57.9. The van der Waals surface area contributed by atoms with Crippen LogP contribution in [0.1, 0.15) is 54.4 Å². The molecule has 11 heteroatoms. The molecule has 1 unspecified atom stereocenters. The molecule has 0 aromatic heterocycles. The monoisotopic (exact) mass is 536 g/mol. The first-order valence-corrected chi connectivity index (χ1v) is 13.9. The lowest BCUT2D eigenvalue weighted by atomic mass is 10.0. The number of rotatable bonds is 8. The summed E-state index contributed by atoms with van der Waals surface area (Å²) in [6, 6.07) is 6.90. The zero-order valence-electron chi connectivity index (χ0n) is 22.3. The molecule has 3 fully saturated rings. The number of likely N-dealkylation sites (tertiary alicyclic amines) is 1. The Balaban J connectivity index is 1.14. The Morgan fingerprint density at radius 1 is 1.05 bits per heavy atom. The molecule has 1 aromatic rings. The van der Waals surface area contributed by atoms with Crippen LogP contribution in [-0.4, -0.2) is 108 Å². The van der Waals surface area contributed by atoms with Crippen LogP contribution in [0.3, 0.4) is 0 Å². The highest BCUT2D eigenvalue weighted by Crippen LogP contribution is 2.30. The number of hydrogen-bond donors (Lipinski definition) is 1. The van der Waals surface area contributed by atoms with Crippen molar-refractivity contribution in [2.24, 2.45) is 0 Å². The molecule has 1 aromatic carbocycles. The maximum atomic E-state index is 13.2. The van der Waals surface area contributed by atoms with Gasteiger partial charge in [0.2, 0.25) is 17.7 Å². The second kappa shape index (κ2) is 12.1. The predicted molar refractivity (Wildman–Crippen MR) is 140 cm³/mol. The van der Waals surface area contributed by atoms with Crippen LogP contribution in [0.5, 0.6) is 5.75 Å². The van der Waals surface area contributed by atoms with Crippen molar-refractivity contribution in [3.63, 3.8) is 0 Å². The Morgan fingerprint density at radius 2 is 1.85 bits per heavy atom. The van der Waals surface area contributed by atoms with E-state index in [2.05, 4.69) is 21.2 Å². The van der Waals surface area contributed by atoms with Crippen LogP contribution in [0.2, 0.25) is 0 Å². The Hall–Kier alpha value is -3.49. The summed E-state index contributed by atoms with van der Waals surface area (Å²) in [7, 11) is 0. The van der Waals surface area contributed by atoms with E-state index in [0.29, 0.717) is 43.9 Å². The van der Waals surface area contributed by atoms with Gasteiger partial charge in [-0.1, -0.05) is 0 Å². The normalized spacial score (nSPS) is 24.3. The second-order valence-electron chi connectivity index (χ2n) is 10.8. The lowest BCUT2D eigenvalue weighted by molar-refractivity contribution is -0.138. The van der Waals surface area contributed by atoms with Gasteiger partial charge in [-0.3, -0.25) is 34.3 Å². The first kappa shape index (κ1) is 27.1. The fourth-order valence-electron chi connectivity index (χ4n) is 6.00. The smallest absolute Gasteiger partial charge is 0.255 e. The number of piperidine rings is 2. The lowest BCUT2D eigenvalue weighted by Gasteiger charge is -2.38. The van der Waals surface area contributed by atoms with E-state index in [1.165, 1.54) is 4.90 Å². The molecule has 3 saturated heterocycles. The maximum Gasteiger partial charge on any atom is 0.255 e. The van der Waals surface area contributed by atoms with Gasteiger partial charge >= 0.3 is 0 Å². The Bertz CT molecular complexity index is 1160. The predicted octanol–water partition coefficient (Wildman–Crippen LogP) is 0.739. The summed E-state index contributed by atoms with van der Waals surface area (Å²) in [5, 5.41) is 11.1. The van der Waals surface area contributed by atoms with Gasteiger partial charge in [-0.25, -0.2) is 0 Å². The molecule has 4 heterocycles. The van der Waals surface area contributed by atoms with Crippen LogP contribution >= 0.6 is 0 Å². The number of nitriles is 1. The van der Waals surface area contributed by atoms with Crippen molar-refractivity contribution in [2.75, 3.05) is 52.4 Å². The van der Waals surface area contributed by atoms with Crippen molar-refractivity contribution in [1.82, 2.24) is 24.9 Å². The van der Waals surface area contributed by atoms with Crippen molar-refractivity contribution in [2.45, 2.75) is 57.2 Å². The number of amides is 4. The summed E-state index contributed by atoms with van der Waals surface area (Å²) >= 11 is 0. The topological polar surface area (TPSA) is 126 Å².